The minimum absolute atomic E-state index is 0.314. The van der Waals surface area contributed by atoms with Gasteiger partial charge in [-0.3, -0.25) is 0 Å². The van der Waals surface area contributed by atoms with Crippen molar-refractivity contribution in [2.75, 3.05) is 19.0 Å². The molecular weight excluding hydrogens is 196 g/mol. The van der Waals surface area contributed by atoms with Gasteiger partial charge in [0.05, 0.1) is 6.07 Å². The average Bonchev–Trinajstić information content (AvgIpc) is 2.27. The van der Waals surface area contributed by atoms with E-state index in [1.165, 1.54) is 12.4 Å². The Morgan fingerprint density at radius 3 is 2.27 bits per heavy atom. The SMILES string of the molecule is CN(C)c1ncc(C(O)C(O)C#N)cn1. The zero-order valence-corrected chi connectivity index (χ0v) is 8.49. The molecule has 1 aromatic rings. The number of aliphatic hydroxyl groups is 2. The van der Waals surface area contributed by atoms with Gasteiger partial charge in [0.2, 0.25) is 5.95 Å². The van der Waals surface area contributed by atoms with Gasteiger partial charge in [-0.05, 0) is 0 Å². The summed E-state index contributed by atoms with van der Waals surface area (Å²) in [6.45, 7) is 0. The third-order valence-corrected chi connectivity index (χ3v) is 1.83. The highest BCUT2D eigenvalue weighted by Crippen LogP contribution is 2.15. The maximum absolute atomic E-state index is 9.45. The smallest absolute Gasteiger partial charge is 0.224 e. The van der Waals surface area contributed by atoms with Crippen LogP contribution in [0.5, 0.6) is 0 Å². The normalized spacial score (nSPS) is 14.1. The molecule has 0 saturated carbocycles. The number of hydrogen-bond donors (Lipinski definition) is 2. The van der Waals surface area contributed by atoms with Gasteiger partial charge in [-0.1, -0.05) is 0 Å². The fourth-order valence-corrected chi connectivity index (χ4v) is 0.968. The van der Waals surface area contributed by atoms with Crippen molar-refractivity contribution in [2.24, 2.45) is 0 Å². The molecular formula is C9H12N4O2. The Morgan fingerprint density at radius 1 is 1.33 bits per heavy atom. The second-order valence-corrected chi connectivity index (χ2v) is 3.23. The molecule has 1 heterocycles. The number of nitrogens with zero attached hydrogens (tertiary/aromatic N) is 4. The van der Waals surface area contributed by atoms with E-state index in [1.807, 2.05) is 0 Å². The Kier molecular flexibility index (Phi) is 3.55. The van der Waals surface area contributed by atoms with Crippen molar-refractivity contribution >= 4 is 5.95 Å². The Labute approximate surface area is 87.4 Å². The van der Waals surface area contributed by atoms with E-state index in [-0.39, 0.29) is 0 Å². The summed E-state index contributed by atoms with van der Waals surface area (Å²) in [5, 5.41) is 26.9. The molecule has 0 bridgehead atoms. The zero-order valence-electron chi connectivity index (χ0n) is 8.49. The molecule has 2 atom stereocenters. The molecule has 6 nitrogen and oxygen atoms in total. The van der Waals surface area contributed by atoms with E-state index in [0.29, 0.717) is 11.5 Å². The van der Waals surface area contributed by atoms with Crippen molar-refractivity contribution in [1.29, 1.82) is 5.26 Å². The first-order valence-electron chi connectivity index (χ1n) is 4.31. The number of nitriles is 1. The molecule has 6 heteroatoms. The van der Waals surface area contributed by atoms with Gasteiger partial charge in [-0.2, -0.15) is 5.26 Å². The van der Waals surface area contributed by atoms with Crippen molar-refractivity contribution in [1.82, 2.24) is 9.97 Å². The molecule has 80 valence electrons. The molecule has 0 saturated heterocycles. The van der Waals surface area contributed by atoms with Gasteiger partial charge in [0.25, 0.3) is 0 Å². The predicted octanol–water partition coefficient (Wildman–Crippen LogP) is -0.540. The van der Waals surface area contributed by atoms with Crippen LogP contribution < -0.4 is 4.90 Å². The van der Waals surface area contributed by atoms with Crippen molar-refractivity contribution in [3.05, 3.63) is 18.0 Å². The summed E-state index contributed by atoms with van der Waals surface area (Å²) < 4.78 is 0. The monoisotopic (exact) mass is 208 g/mol. The molecule has 0 spiro atoms. The summed E-state index contributed by atoms with van der Waals surface area (Å²) >= 11 is 0. The van der Waals surface area contributed by atoms with E-state index in [4.69, 9.17) is 10.4 Å². The van der Waals surface area contributed by atoms with Crippen LogP contribution >= 0.6 is 0 Å². The van der Waals surface area contributed by atoms with Crippen molar-refractivity contribution < 1.29 is 10.2 Å². The molecule has 2 N–H and O–H groups in total. The van der Waals surface area contributed by atoms with E-state index < -0.39 is 12.2 Å². The van der Waals surface area contributed by atoms with Crippen LogP contribution in [0, 0.1) is 11.3 Å². The second kappa shape index (κ2) is 4.68. The van der Waals surface area contributed by atoms with Crippen LogP contribution in [-0.2, 0) is 0 Å². The van der Waals surface area contributed by atoms with Gasteiger partial charge in [0.15, 0.2) is 6.10 Å². The lowest BCUT2D eigenvalue weighted by Gasteiger charge is -2.13. The summed E-state index contributed by atoms with van der Waals surface area (Å²) in [6.07, 6.45) is 0.0335. The third kappa shape index (κ3) is 2.62. The molecule has 2 unspecified atom stereocenters. The first-order valence-corrected chi connectivity index (χ1v) is 4.31. The zero-order chi connectivity index (χ0) is 11.4. The summed E-state index contributed by atoms with van der Waals surface area (Å²) in [6, 6.07) is 1.54. The van der Waals surface area contributed by atoms with Gasteiger partial charge in [0.1, 0.15) is 6.10 Å². The Morgan fingerprint density at radius 2 is 1.87 bits per heavy atom. The summed E-state index contributed by atoms with van der Waals surface area (Å²) in [5.41, 5.74) is 0.314. The van der Waals surface area contributed by atoms with E-state index in [2.05, 4.69) is 9.97 Å². The standard InChI is InChI=1S/C9H12N4O2/c1-13(2)9-11-4-6(5-12-9)8(15)7(14)3-10/h4-5,7-8,14-15H,1-2H3. The number of aromatic nitrogens is 2. The van der Waals surface area contributed by atoms with E-state index in [9.17, 15) is 5.11 Å². The van der Waals surface area contributed by atoms with Crippen LogP contribution in [0.2, 0.25) is 0 Å². The lowest BCUT2D eigenvalue weighted by Crippen LogP contribution is -2.17. The number of aliphatic hydroxyl groups excluding tert-OH is 2. The molecule has 0 aromatic carbocycles. The van der Waals surface area contributed by atoms with Crippen LogP contribution in [0.3, 0.4) is 0 Å². The lowest BCUT2D eigenvalue weighted by atomic mass is 10.1. The van der Waals surface area contributed by atoms with E-state index in [0.717, 1.165) is 0 Å². The van der Waals surface area contributed by atoms with Crippen LogP contribution in [-0.4, -0.2) is 40.4 Å². The molecule has 0 aliphatic rings. The van der Waals surface area contributed by atoms with E-state index >= 15 is 0 Å². The van der Waals surface area contributed by atoms with Crippen LogP contribution in [0.15, 0.2) is 12.4 Å². The Bertz CT molecular complexity index is 357. The average molecular weight is 208 g/mol. The molecule has 0 amide bonds. The van der Waals surface area contributed by atoms with Crippen molar-refractivity contribution in [2.45, 2.75) is 12.2 Å². The van der Waals surface area contributed by atoms with Gasteiger partial charge in [0, 0.05) is 32.1 Å². The van der Waals surface area contributed by atoms with Crippen LogP contribution in [0.4, 0.5) is 5.95 Å². The number of rotatable bonds is 3. The molecule has 1 rings (SSSR count). The fraction of sp³-hybridized carbons (Fsp3) is 0.444. The number of anilines is 1. The summed E-state index contributed by atoms with van der Waals surface area (Å²) in [7, 11) is 3.57. The highest BCUT2D eigenvalue weighted by molar-refractivity contribution is 5.27. The van der Waals surface area contributed by atoms with Crippen LogP contribution in [0.1, 0.15) is 11.7 Å². The molecule has 0 fully saturated rings. The lowest BCUT2D eigenvalue weighted by molar-refractivity contribution is 0.0523. The first kappa shape index (κ1) is 11.4. The van der Waals surface area contributed by atoms with Gasteiger partial charge >= 0.3 is 0 Å². The molecule has 0 aliphatic carbocycles. The minimum atomic E-state index is -1.46. The molecule has 0 aliphatic heterocycles. The predicted molar refractivity (Wildman–Crippen MR) is 52.9 cm³/mol. The highest BCUT2D eigenvalue weighted by atomic mass is 16.3. The Balaban J connectivity index is 2.85. The minimum Gasteiger partial charge on any atom is -0.384 e. The largest absolute Gasteiger partial charge is 0.384 e. The molecule has 15 heavy (non-hydrogen) atoms. The maximum Gasteiger partial charge on any atom is 0.224 e. The van der Waals surface area contributed by atoms with Gasteiger partial charge in [-0.15, -0.1) is 0 Å². The summed E-state index contributed by atoms with van der Waals surface area (Å²) in [4.78, 5) is 9.61. The summed E-state index contributed by atoms with van der Waals surface area (Å²) in [5.74, 6) is 0.498. The van der Waals surface area contributed by atoms with E-state index in [1.54, 1.807) is 25.1 Å². The van der Waals surface area contributed by atoms with Gasteiger partial charge in [-0.25, -0.2) is 9.97 Å². The van der Waals surface area contributed by atoms with Crippen molar-refractivity contribution in [3.8, 4) is 6.07 Å². The topological polar surface area (TPSA) is 93.3 Å². The Hall–Kier alpha value is -1.71. The second-order valence-electron chi connectivity index (χ2n) is 3.23. The third-order valence-electron chi connectivity index (χ3n) is 1.83. The maximum atomic E-state index is 9.45. The van der Waals surface area contributed by atoms with Gasteiger partial charge < -0.3 is 15.1 Å². The van der Waals surface area contributed by atoms with Crippen molar-refractivity contribution in [3.63, 3.8) is 0 Å². The van der Waals surface area contributed by atoms with Crippen LogP contribution in [0.25, 0.3) is 0 Å². The first-order chi connectivity index (χ1) is 7.06. The quantitative estimate of drug-likeness (QED) is 0.648. The molecule has 1 aromatic heterocycles. The highest BCUT2D eigenvalue weighted by Gasteiger charge is 2.18. The number of hydrogen-bond acceptors (Lipinski definition) is 6. The fourth-order valence-electron chi connectivity index (χ4n) is 0.968. The molecule has 0 radical (unpaired) electrons.